The number of unbranched alkanes of at least 4 members (excludes halogenated alkanes) is 1. The average molecular weight is 403 g/mol. The number of carbonyl (C=O) groups is 1. The van der Waals surface area contributed by atoms with Crippen LogP contribution in [0.4, 0.5) is 13.2 Å². The van der Waals surface area contributed by atoms with E-state index in [9.17, 15) is 18.0 Å². The van der Waals surface area contributed by atoms with Crippen LogP contribution < -0.4 is 0 Å². The minimum atomic E-state index is -4.43. The fourth-order valence-electron chi connectivity index (χ4n) is 2.82. The third-order valence-electron chi connectivity index (χ3n) is 4.31. The van der Waals surface area contributed by atoms with Gasteiger partial charge in [0, 0.05) is 11.1 Å². The number of carbonyl (C=O) groups excluding carboxylic acids is 1. The van der Waals surface area contributed by atoms with Crippen molar-refractivity contribution in [3.8, 4) is 22.5 Å². The zero-order chi connectivity index (χ0) is 20.9. The fraction of sp³-hybridized carbons (Fsp3) is 0.286. The predicted molar refractivity (Wildman–Crippen MR) is 102 cm³/mol. The van der Waals surface area contributed by atoms with Crippen LogP contribution in [-0.4, -0.2) is 27.6 Å². The number of rotatable bonds is 7. The maximum atomic E-state index is 12.9. The highest BCUT2D eigenvalue weighted by Crippen LogP contribution is 2.34. The molecule has 1 aromatic heterocycles. The number of hydrogen-bond donors (Lipinski definition) is 0. The number of esters is 1. The predicted octanol–water partition coefficient (Wildman–Crippen LogP) is 4.97. The Morgan fingerprint density at radius 1 is 1.03 bits per heavy atom. The van der Waals surface area contributed by atoms with Gasteiger partial charge in [0.25, 0.3) is 0 Å². The molecule has 0 amide bonds. The van der Waals surface area contributed by atoms with Crippen LogP contribution in [0.5, 0.6) is 0 Å². The van der Waals surface area contributed by atoms with Crippen molar-refractivity contribution < 1.29 is 22.7 Å². The third-order valence-corrected chi connectivity index (χ3v) is 4.31. The summed E-state index contributed by atoms with van der Waals surface area (Å²) in [5.74, 6) is -0.476. The first-order chi connectivity index (χ1) is 13.9. The first-order valence-corrected chi connectivity index (χ1v) is 9.22. The van der Waals surface area contributed by atoms with Crippen LogP contribution in [0.15, 0.2) is 54.6 Å². The number of aromatic nitrogens is 3. The van der Waals surface area contributed by atoms with Crippen LogP contribution in [-0.2, 0) is 22.3 Å². The van der Waals surface area contributed by atoms with Gasteiger partial charge in [-0.2, -0.15) is 13.2 Å². The lowest BCUT2D eigenvalue weighted by Crippen LogP contribution is -2.16. The Labute approximate surface area is 166 Å². The van der Waals surface area contributed by atoms with Crippen molar-refractivity contribution in [3.05, 3.63) is 60.2 Å². The van der Waals surface area contributed by atoms with Crippen molar-refractivity contribution >= 4 is 5.97 Å². The molecular weight excluding hydrogens is 383 g/mol. The van der Waals surface area contributed by atoms with Crippen molar-refractivity contribution in [2.45, 2.75) is 32.5 Å². The van der Waals surface area contributed by atoms with Crippen LogP contribution in [0, 0.1) is 0 Å². The van der Waals surface area contributed by atoms with Crippen molar-refractivity contribution in [1.29, 1.82) is 0 Å². The molecule has 1 heterocycles. The molecule has 29 heavy (non-hydrogen) atoms. The molecule has 0 bridgehead atoms. The van der Waals surface area contributed by atoms with Crippen molar-refractivity contribution in [2.75, 3.05) is 6.61 Å². The summed E-state index contributed by atoms with van der Waals surface area (Å²) in [6.07, 6.45) is -2.78. The molecule has 0 fully saturated rings. The summed E-state index contributed by atoms with van der Waals surface area (Å²) in [7, 11) is 0. The zero-order valence-corrected chi connectivity index (χ0v) is 15.8. The van der Waals surface area contributed by atoms with E-state index in [1.165, 1.54) is 16.8 Å². The third kappa shape index (κ3) is 5.01. The Bertz CT molecular complexity index is 952. The van der Waals surface area contributed by atoms with Crippen LogP contribution >= 0.6 is 0 Å². The van der Waals surface area contributed by atoms with Crippen LogP contribution in [0.2, 0.25) is 0 Å². The topological polar surface area (TPSA) is 57.0 Å². The van der Waals surface area contributed by atoms with Gasteiger partial charge in [-0.3, -0.25) is 4.79 Å². The van der Waals surface area contributed by atoms with E-state index in [-0.39, 0.29) is 6.54 Å². The van der Waals surface area contributed by atoms with Crippen molar-refractivity contribution in [2.24, 2.45) is 0 Å². The van der Waals surface area contributed by atoms with E-state index >= 15 is 0 Å². The Morgan fingerprint density at radius 3 is 2.34 bits per heavy atom. The fourth-order valence-corrected chi connectivity index (χ4v) is 2.82. The number of halogens is 3. The van der Waals surface area contributed by atoms with Gasteiger partial charge in [-0.15, -0.1) is 5.10 Å². The molecular formula is C21H20F3N3O2. The van der Waals surface area contributed by atoms with Crippen molar-refractivity contribution in [3.63, 3.8) is 0 Å². The lowest BCUT2D eigenvalue weighted by molar-refractivity contribution is -0.144. The first-order valence-electron chi connectivity index (χ1n) is 9.22. The van der Waals surface area contributed by atoms with Crippen molar-refractivity contribution in [1.82, 2.24) is 15.0 Å². The molecule has 0 aliphatic heterocycles. The van der Waals surface area contributed by atoms with Gasteiger partial charge in [0.2, 0.25) is 0 Å². The van der Waals surface area contributed by atoms with Gasteiger partial charge in [0.15, 0.2) is 0 Å². The normalized spacial score (nSPS) is 11.4. The second kappa shape index (κ2) is 8.89. The van der Waals surface area contributed by atoms with E-state index in [0.29, 0.717) is 23.6 Å². The van der Waals surface area contributed by atoms with Crippen LogP contribution in [0.3, 0.4) is 0 Å². The van der Waals surface area contributed by atoms with E-state index in [1.807, 2.05) is 37.3 Å². The van der Waals surface area contributed by atoms with Gasteiger partial charge >= 0.3 is 12.1 Å². The second-order valence-corrected chi connectivity index (χ2v) is 6.46. The standard InChI is InChI=1S/C21H20F3N3O2/c1-2-3-13-29-18(28)14-27-20(16-9-11-17(12-10-16)21(22,23)24)19(25-26-27)15-7-5-4-6-8-15/h4-12H,2-3,13-14H2,1H3. The highest BCUT2D eigenvalue weighted by molar-refractivity contribution is 5.79. The van der Waals surface area contributed by atoms with Gasteiger partial charge in [-0.25, -0.2) is 4.68 Å². The van der Waals surface area contributed by atoms with Gasteiger partial charge in [-0.1, -0.05) is 61.0 Å². The first kappa shape index (κ1) is 20.6. The molecule has 2 aromatic carbocycles. The van der Waals surface area contributed by atoms with E-state index in [2.05, 4.69) is 10.3 Å². The molecule has 0 spiro atoms. The molecule has 0 N–H and O–H groups in total. The molecule has 152 valence electrons. The Hall–Kier alpha value is -3.16. The summed E-state index contributed by atoms with van der Waals surface area (Å²) >= 11 is 0. The SMILES string of the molecule is CCCCOC(=O)Cn1nnc(-c2ccccc2)c1-c1ccc(C(F)(F)F)cc1. The molecule has 8 heteroatoms. The lowest BCUT2D eigenvalue weighted by Gasteiger charge is -2.11. The van der Waals surface area contributed by atoms with Crippen LogP contribution in [0.25, 0.3) is 22.5 Å². The van der Waals surface area contributed by atoms with Gasteiger partial charge in [0.1, 0.15) is 12.2 Å². The highest BCUT2D eigenvalue weighted by atomic mass is 19.4. The van der Waals surface area contributed by atoms with E-state index < -0.39 is 17.7 Å². The molecule has 5 nitrogen and oxygen atoms in total. The Balaban J connectivity index is 1.98. The van der Waals surface area contributed by atoms with Gasteiger partial charge in [-0.05, 0) is 18.6 Å². The summed E-state index contributed by atoms with van der Waals surface area (Å²) in [5.41, 5.74) is 1.40. The summed E-state index contributed by atoms with van der Waals surface area (Å²) in [6, 6.07) is 13.8. The molecule has 0 radical (unpaired) electrons. The van der Waals surface area contributed by atoms with E-state index in [1.54, 1.807) is 0 Å². The lowest BCUT2D eigenvalue weighted by atomic mass is 10.0. The molecule has 0 saturated carbocycles. The smallest absolute Gasteiger partial charge is 0.416 e. The summed E-state index contributed by atoms with van der Waals surface area (Å²) in [6.45, 7) is 2.12. The summed E-state index contributed by atoms with van der Waals surface area (Å²) in [5, 5.41) is 8.22. The summed E-state index contributed by atoms with van der Waals surface area (Å²) < 4.78 is 45.3. The molecule has 3 rings (SSSR count). The molecule has 0 aliphatic carbocycles. The Morgan fingerprint density at radius 2 is 1.72 bits per heavy atom. The quantitative estimate of drug-likeness (QED) is 0.413. The van der Waals surface area contributed by atoms with Gasteiger partial charge < -0.3 is 4.74 Å². The largest absolute Gasteiger partial charge is 0.464 e. The zero-order valence-electron chi connectivity index (χ0n) is 15.8. The monoisotopic (exact) mass is 403 g/mol. The van der Waals surface area contributed by atoms with Crippen LogP contribution in [0.1, 0.15) is 25.3 Å². The highest BCUT2D eigenvalue weighted by Gasteiger charge is 2.30. The minimum Gasteiger partial charge on any atom is -0.464 e. The average Bonchev–Trinajstić information content (AvgIpc) is 3.11. The minimum absolute atomic E-state index is 0.181. The molecule has 0 atom stereocenters. The van der Waals surface area contributed by atoms with E-state index in [4.69, 9.17) is 4.74 Å². The Kier molecular flexibility index (Phi) is 6.31. The molecule has 0 saturated heterocycles. The van der Waals surface area contributed by atoms with E-state index in [0.717, 1.165) is 30.5 Å². The molecule has 3 aromatic rings. The maximum absolute atomic E-state index is 12.9. The molecule has 0 unspecified atom stereocenters. The number of ether oxygens (including phenoxy) is 1. The number of hydrogen-bond acceptors (Lipinski definition) is 4. The van der Waals surface area contributed by atoms with Gasteiger partial charge in [0.05, 0.1) is 17.9 Å². The second-order valence-electron chi connectivity index (χ2n) is 6.46. The maximum Gasteiger partial charge on any atom is 0.416 e. The number of nitrogens with zero attached hydrogens (tertiary/aromatic N) is 3. The molecule has 0 aliphatic rings. The number of benzene rings is 2. The number of alkyl halides is 3. The summed E-state index contributed by atoms with van der Waals surface area (Å²) in [4.78, 5) is 12.1.